The predicted octanol–water partition coefficient (Wildman–Crippen LogP) is 1.39. The van der Waals surface area contributed by atoms with Gasteiger partial charge in [-0.05, 0) is 24.3 Å². The Balaban J connectivity index is 2.62. The van der Waals surface area contributed by atoms with Gasteiger partial charge in [0, 0.05) is 19.2 Å². The summed E-state index contributed by atoms with van der Waals surface area (Å²) in [6, 6.07) is 5.92. The van der Waals surface area contributed by atoms with Crippen LogP contribution in [0.15, 0.2) is 24.3 Å². The molecule has 0 spiro atoms. The van der Waals surface area contributed by atoms with E-state index in [9.17, 15) is 13.6 Å². The van der Waals surface area contributed by atoms with E-state index in [2.05, 4.69) is 0 Å². The van der Waals surface area contributed by atoms with E-state index < -0.39 is 13.0 Å². The van der Waals surface area contributed by atoms with Crippen LogP contribution in [0, 0.1) is 0 Å². The fourth-order valence-corrected chi connectivity index (χ4v) is 1.32. The van der Waals surface area contributed by atoms with Gasteiger partial charge in [-0.3, -0.25) is 4.79 Å². The zero-order chi connectivity index (χ0) is 13.5. The molecule has 0 fully saturated rings. The first kappa shape index (κ1) is 14.4. The van der Waals surface area contributed by atoms with E-state index in [1.54, 1.807) is 7.05 Å². The summed E-state index contributed by atoms with van der Waals surface area (Å²) in [6.45, 7) is -0.544. The maximum absolute atomic E-state index is 11.9. The van der Waals surface area contributed by atoms with Crippen LogP contribution < -0.4 is 4.74 Å². The molecule has 0 saturated carbocycles. The molecule has 0 atom stereocenters. The van der Waals surface area contributed by atoms with Crippen LogP contribution in [0.5, 0.6) is 5.75 Å². The predicted molar refractivity (Wildman–Crippen MR) is 62.0 cm³/mol. The number of halogens is 2. The number of benzene rings is 1. The van der Waals surface area contributed by atoms with Crippen LogP contribution in [-0.4, -0.2) is 49.1 Å². The van der Waals surface area contributed by atoms with Gasteiger partial charge in [-0.15, -0.1) is 0 Å². The van der Waals surface area contributed by atoms with Crippen molar-refractivity contribution in [1.29, 1.82) is 0 Å². The molecule has 4 nitrogen and oxygen atoms in total. The van der Waals surface area contributed by atoms with Gasteiger partial charge in [0.25, 0.3) is 12.3 Å². The molecule has 0 aliphatic heterocycles. The van der Waals surface area contributed by atoms with Crippen LogP contribution in [0.1, 0.15) is 10.4 Å². The van der Waals surface area contributed by atoms with Crippen molar-refractivity contribution < 1.29 is 23.4 Å². The standard InChI is InChI=1S/C12H15F2NO3/c1-15(6-7-16)12(17)9-2-4-10(5-3-9)18-8-11(13)14/h2-5,11,16H,6-8H2,1H3. The summed E-state index contributed by atoms with van der Waals surface area (Å²) < 4.78 is 28.6. The first-order chi connectivity index (χ1) is 8.54. The molecule has 1 amide bonds. The molecule has 0 bridgehead atoms. The zero-order valence-corrected chi connectivity index (χ0v) is 9.97. The highest BCUT2D eigenvalue weighted by Gasteiger charge is 2.11. The molecule has 1 rings (SSSR count). The van der Waals surface area contributed by atoms with Gasteiger partial charge in [0.15, 0.2) is 0 Å². The molecule has 0 unspecified atom stereocenters. The van der Waals surface area contributed by atoms with Gasteiger partial charge in [-0.25, -0.2) is 8.78 Å². The SMILES string of the molecule is CN(CCO)C(=O)c1ccc(OCC(F)F)cc1. The third-order valence-electron chi connectivity index (χ3n) is 2.26. The summed E-state index contributed by atoms with van der Waals surface area (Å²) in [4.78, 5) is 13.1. The number of likely N-dealkylation sites (N-methyl/N-ethyl adjacent to an activating group) is 1. The number of aliphatic hydroxyl groups is 1. The van der Waals surface area contributed by atoms with Crippen molar-refractivity contribution in [2.75, 3.05) is 26.8 Å². The molecule has 0 saturated heterocycles. The molecule has 6 heteroatoms. The van der Waals surface area contributed by atoms with Gasteiger partial charge in [-0.1, -0.05) is 0 Å². The number of alkyl halides is 2. The number of ether oxygens (including phenoxy) is 1. The van der Waals surface area contributed by atoms with Crippen LogP contribution in [0.3, 0.4) is 0 Å². The van der Waals surface area contributed by atoms with E-state index in [0.717, 1.165) is 0 Å². The normalized spacial score (nSPS) is 10.5. The Morgan fingerprint density at radius 2 is 2.00 bits per heavy atom. The number of hydrogen-bond donors (Lipinski definition) is 1. The minimum absolute atomic E-state index is 0.113. The van der Waals surface area contributed by atoms with Crippen molar-refractivity contribution in [3.05, 3.63) is 29.8 Å². The number of rotatable bonds is 6. The van der Waals surface area contributed by atoms with Crippen molar-refractivity contribution >= 4 is 5.91 Å². The topological polar surface area (TPSA) is 49.8 Å². The maximum Gasteiger partial charge on any atom is 0.272 e. The summed E-state index contributed by atoms with van der Waals surface area (Å²) in [5.74, 6) is 0.0427. The van der Waals surface area contributed by atoms with E-state index >= 15 is 0 Å². The average Bonchev–Trinajstić information content (AvgIpc) is 2.36. The molecule has 0 aliphatic carbocycles. The minimum Gasteiger partial charge on any atom is -0.488 e. The highest BCUT2D eigenvalue weighted by atomic mass is 19.3. The average molecular weight is 259 g/mol. The number of carbonyl (C=O) groups is 1. The summed E-state index contributed by atoms with van der Waals surface area (Å²) in [5, 5.41) is 8.71. The van der Waals surface area contributed by atoms with Crippen LogP contribution in [0.2, 0.25) is 0 Å². The minimum atomic E-state index is -2.53. The lowest BCUT2D eigenvalue weighted by Gasteiger charge is -2.15. The Morgan fingerprint density at radius 1 is 1.39 bits per heavy atom. The van der Waals surface area contributed by atoms with E-state index in [1.165, 1.54) is 29.2 Å². The third kappa shape index (κ3) is 4.29. The maximum atomic E-state index is 11.9. The molecular formula is C12H15F2NO3. The molecule has 100 valence electrons. The molecule has 1 aromatic rings. The largest absolute Gasteiger partial charge is 0.488 e. The number of aliphatic hydroxyl groups excluding tert-OH is 1. The Hall–Kier alpha value is -1.69. The van der Waals surface area contributed by atoms with Gasteiger partial charge >= 0.3 is 0 Å². The van der Waals surface area contributed by atoms with Crippen molar-refractivity contribution in [2.24, 2.45) is 0 Å². The lowest BCUT2D eigenvalue weighted by atomic mass is 10.2. The summed E-state index contributed by atoms with van der Waals surface area (Å²) in [7, 11) is 1.57. The smallest absolute Gasteiger partial charge is 0.272 e. The Morgan fingerprint density at radius 3 is 2.50 bits per heavy atom. The Bertz CT molecular complexity index is 381. The second-order valence-corrected chi connectivity index (χ2v) is 3.68. The Kier molecular flexibility index (Phi) is 5.51. The summed E-state index contributed by atoms with van der Waals surface area (Å²) in [5.41, 5.74) is 0.412. The number of carbonyl (C=O) groups excluding carboxylic acids is 1. The molecule has 18 heavy (non-hydrogen) atoms. The fourth-order valence-electron chi connectivity index (χ4n) is 1.32. The molecule has 0 aliphatic rings. The van der Waals surface area contributed by atoms with E-state index in [4.69, 9.17) is 9.84 Å². The second kappa shape index (κ2) is 6.90. The highest BCUT2D eigenvalue weighted by Crippen LogP contribution is 2.14. The van der Waals surface area contributed by atoms with Crippen LogP contribution >= 0.6 is 0 Å². The molecule has 1 N–H and O–H groups in total. The van der Waals surface area contributed by atoms with Gasteiger partial charge in [0.2, 0.25) is 0 Å². The van der Waals surface area contributed by atoms with Crippen molar-refractivity contribution in [3.8, 4) is 5.75 Å². The first-order valence-electron chi connectivity index (χ1n) is 5.42. The van der Waals surface area contributed by atoms with Gasteiger partial charge in [0.05, 0.1) is 6.61 Å². The van der Waals surface area contributed by atoms with Crippen LogP contribution in [-0.2, 0) is 0 Å². The molecule has 0 aromatic heterocycles. The summed E-state index contributed by atoms with van der Waals surface area (Å²) in [6.07, 6.45) is -2.53. The van der Waals surface area contributed by atoms with E-state index in [0.29, 0.717) is 5.56 Å². The zero-order valence-electron chi connectivity index (χ0n) is 9.97. The van der Waals surface area contributed by atoms with Crippen molar-refractivity contribution in [3.63, 3.8) is 0 Å². The lowest BCUT2D eigenvalue weighted by molar-refractivity contribution is 0.0764. The first-order valence-corrected chi connectivity index (χ1v) is 5.42. The highest BCUT2D eigenvalue weighted by molar-refractivity contribution is 5.94. The second-order valence-electron chi connectivity index (χ2n) is 3.68. The molecule has 0 heterocycles. The van der Waals surface area contributed by atoms with E-state index in [-0.39, 0.29) is 24.8 Å². The quantitative estimate of drug-likeness (QED) is 0.840. The third-order valence-corrected chi connectivity index (χ3v) is 2.26. The number of amides is 1. The van der Waals surface area contributed by atoms with Crippen molar-refractivity contribution in [1.82, 2.24) is 4.90 Å². The van der Waals surface area contributed by atoms with Gasteiger partial charge < -0.3 is 14.7 Å². The monoisotopic (exact) mass is 259 g/mol. The fraction of sp³-hybridized carbons (Fsp3) is 0.417. The number of hydrogen-bond acceptors (Lipinski definition) is 3. The Labute approximate surface area is 104 Å². The van der Waals surface area contributed by atoms with Crippen LogP contribution in [0.4, 0.5) is 8.78 Å². The lowest BCUT2D eigenvalue weighted by Crippen LogP contribution is -2.29. The summed E-state index contributed by atoms with van der Waals surface area (Å²) >= 11 is 0. The van der Waals surface area contributed by atoms with Gasteiger partial charge in [-0.2, -0.15) is 0 Å². The molecular weight excluding hydrogens is 244 g/mol. The molecule has 0 radical (unpaired) electrons. The number of nitrogens with zero attached hydrogens (tertiary/aromatic N) is 1. The van der Waals surface area contributed by atoms with Crippen molar-refractivity contribution in [2.45, 2.75) is 6.43 Å². The van der Waals surface area contributed by atoms with E-state index in [1.807, 2.05) is 0 Å². The van der Waals surface area contributed by atoms with Gasteiger partial charge in [0.1, 0.15) is 12.4 Å². The molecule has 1 aromatic carbocycles. The van der Waals surface area contributed by atoms with Crippen LogP contribution in [0.25, 0.3) is 0 Å².